The largest absolute Gasteiger partial charge is 4.00 e. The smallest absolute Gasteiger partial charge is 1.00 e. The maximum Gasteiger partial charge on any atom is 4.00 e. The molecule has 0 bridgehead atoms. The molecule has 0 fully saturated rings. The molecule has 0 nitrogen and oxygen atoms in total. The van der Waals surface area contributed by atoms with Crippen LogP contribution in [0, 0.1) is 23.7 Å². The van der Waals surface area contributed by atoms with Gasteiger partial charge in [-0.15, -0.1) is 80.7 Å². The molecule has 0 aliphatic carbocycles. The van der Waals surface area contributed by atoms with Crippen LogP contribution in [0.25, 0.3) is 21.5 Å². The fourth-order valence-corrected chi connectivity index (χ4v) is 10.9. The van der Waals surface area contributed by atoms with Crippen molar-refractivity contribution < 1.29 is 50.7 Å². The van der Waals surface area contributed by atoms with Crippen LogP contribution in [-0.2, 0) is 25.8 Å². The van der Waals surface area contributed by atoms with Crippen LogP contribution in [0.5, 0.6) is 0 Å². The van der Waals surface area contributed by atoms with Crippen LogP contribution in [0.4, 0.5) is 0 Å². The van der Waals surface area contributed by atoms with Gasteiger partial charge in [-0.25, -0.2) is 0 Å². The number of rotatable bonds is 10. The van der Waals surface area contributed by atoms with Crippen LogP contribution in [0.1, 0.15) is 55.4 Å². The Hall–Kier alpha value is -0.0299. The predicted octanol–water partition coefficient (Wildman–Crippen LogP) is 3.96. The first-order valence-corrected chi connectivity index (χ1v) is 17.4. The molecule has 39 heavy (non-hydrogen) atoms. The van der Waals surface area contributed by atoms with E-state index >= 15 is 0 Å². The van der Waals surface area contributed by atoms with Gasteiger partial charge in [-0.3, -0.25) is 0 Å². The van der Waals surface area contributed by atoms with Gasteiger partial charge in [-0.05, 0) is 48.3 Å². The third-order valence-corrected chi connectivity index (χ3v) is 12.9. The van der Waals surface area contributed by atoms with Crippen molar-refractivity contribution in [3.05, 3.63) is 72.8 Å². The molecule has 0 spiro atoms. The molecular formula is C34H48Cl2HfP2. The van der Waals surface area contributed by atoms with E-state index in [1.54, 1.807) is 10.6 Å². The fourth-order valence-electron chi connectivity index (χ4n) is 4.97. The van der Waals surface area contributed by atoms with E-state index in [1.165, 1.54) is 46.2 Å². The Kier molecular flexibility index (Phi) is 19.2. The number of hydrogen-bond donors (Lipinski definition) is 0. The second-order valence-electron chi connectivity index (χ2n) is 12.1. The summed E-state index contributed by atoms with van der Waals surface area (Å²) in [7, 11) is 0.0370. The molecule has 0 aliphatic heterocycles. The maximum absolute atomic E-state index is 2.42. The quantitative estimate of drug-likeness (QED) is 0.130. The average molecular weight is 768 g/mol. The molecule has 0 atom stereocenters. The number of hydrogen-bond acceptors (Lipinski definition) is 0. The van der Waals surface area contributed by atoms with Gasteiger partial charge in [0.2, 0.25) is 0 Å². The standard InChI is InChI=1S/2C17H24P.2ClH.Hf/c2*1-13(2)11-18(12-14(3)4)17-9-15-7-5-6-8-16(15)10-17;;;/h2*5-10,13-14H,11-12H2,1-4H3;2*1H;/q2*-1;;;+4/p-2. The molecule has 5 heteroatoms. The SMILES string of the molecule is CC(C)CP(CC(C)C)c1cc2ccccc2[cH-]1.CC(C)CP(CC(C)C)c1cc2ccccc2[cH-]1.[Cl-].[Cl-].[Hf+4]. The minimum atomic E-state index is 0. The van der Waals surface area contributed by atoms with Crippen LogP contribution >= 0.6 is 15.8 Å². The van der Waals surface area contributed by atoms with Crippen LogP contribution in [-0.4, -0.2) is 24.6 Å². The molecule has 0 saturated carbocycles. The second kappa shape index (κ2) is 19.2. The molecule has 0 heterocycles. The average Bonchev–Trinajstić information content (AvgIpc) is 3.42. The Balaban J connectivity index is 0.000000688. The van der Waals surface area contributed by atoms with Gasteiger partial charge in [-0.1, -0.05) is 83.4 Å². The van der Waals surface area contributed by atoms with E-state index in [9.17, 15) is 0 Å². The van der Waals surface area contributed by atoms with Gasteiger partial charge in [0.15, 0.2) is 0 Å². The summed E-state index contributed by atoms with van der Waals surface area (Å²) < 4.78 is 0. The van der Waals surface area contributed by atoms with Crippen molar-refractivity contribution in [2.45, 2.75) is 55.4 Å². The molecule has 0 aliphatic rings. The van der Waals surface area contributed by atoms with Crippen molar-refractivity contribution in [1.82, 2.24) is 0 Å². The molecule has 212 valence electrons. The number of benzene rings is 2. The normalized spacial score (nSPS) is 11.2. The summed E-state index contributed by atoms with van der Waals surface area (Å²) in [6.07, 6.45) is 5.46. The van der Waals surface area contributed by atoms with Crippen molar-refractivity contribution in [1.29, 1.82) is 0 Å². The molecule has 0 aromatic heterocycles. The molecule has 4 aromatic rings. The molecule has 4 rings (SSSR count). The molecule has 0 saturated heterocycles. The van der Waals surface area contributed by atoms with E-state index in [0.717, 1.165) is 23.7 Å². The third-order valence-electron chi connectivity index (χ3n) is 6.28. The van der Waals surface area contributed by atoms with Crippen molar-refractivity contribution in [3.63, 3.8) is 0 Å². The zero-order valence-electron chi connectivity index (χ0n) is 25.2. The maximum atomic E-state index is 2.42. The van der Waals surface area contributed by atoms with Gasteiger partial charge in [0.1, 0.15) is 0 Å². The van der Waals surface area contributed by atoms with E-state index < -0.39 is 0 Å². The first kappa shape index (κ1) is 39.0. The zero-order valence-corrected chi connectivity index (χ0v) is 32.1. The van der Waals surface area contributed by atoms with E-state index in [0.29, 0.717) is 0 Å². The second-order valence-corrected chi connectivity index (χ2v) is 16.7. The van der Waals surface area contributed by atoms with Crippen molar-refractivity contribution in [2.75, 3.05) is 24.6 Å². The molecular weight excluding hydrogens is 720 g/mol. The predicted molar refractivity (Wildman–Crippen MR) is 171 cm³/mol. The third kappa shape index (κ3) is 12.8. The molecule has 0 radical (unpaired) electrons. The van der Waals surface area contributed by atoms with Gasteiger partial charge in [0.05, 0.1) is 0 Å². The van der Waals surface area contributed by atoms with Crippen molar-refractivity contribution >= 4 is 48.0 Å². The molecule has 0 N–H and O–H groups in total. The summed E-state index contributed by atoms with van der Waals surface area (Å²) >= 11 is 0. The Morgan fingerprint density at radius 2 is 0.795 bits per heavy atom. The van der Waals surface area contributed by atoms with Gasteiger partial charge < -0.3 is 24.8 Å². The van der Waals surface area contributed by atoms with Gasteiger partial charge in [-0.2, -0.15) is 12.1 Å². The Morgan fingerprint density at radius 1 is 0.513 bits per heavy atom. The van der Waals surface area contributed by atoms with Gasteiger partial charge in [0.25, 0.3) is 0 Å². The fraction of sp³-hybridized carbons (Fsp3) is 0.471. The van der Waals surface area contributed by atoms with Crippen LogP contribution in [0.3, 0.4) is 0 Å². The topological polar surface area (TPSA) is 0 Å². The molecule has 4 aromatic carbocycles. The minimum absolute atomic E-state index is 0. The first-order valence-electron chi connectivity index (χ1n) is 13.9. The summed E-state index contributed by atoms with van der Waals surface area (Å²) in [5, 5.41) is 8.85. The Bertz CT molecular complexity index is 1010. The Morgan fingerprint density at radius 3 is 1.05 bits per heavy atom. The summed E-state index contributed by atoms with van der Waals surface area (Å²) in [5.74, 6) is 3.20. The van der Waals surface area contributed by atoms with Crippen LogP contribution in [0.2, 0.25) is 0 Å². The van der Waals surface area contributed by atoms with E-state index in [-0.39, 0.29) is 66.5 Å². The zero-order chi connectivity index (χ0) is 26.2. The summed E-state index contributed by atoms with van der Waals surface area (Å²) in [6, 6.07) is 27.2. The van der Waals surface area contributed by atoms with E-state index in [1.807, 2.05) is 0 Å². The summed E-state index contributed by atoms with van der Waals surface area (Å²) in [4.78, 5) is 0. The monoisotopic (exact) mass is 768 g/mol. The minimum Gasteiger partial charge on any atom is -1.00 e. The Labute approximate surface area is 273 Å². The van der Waals surface area contributed by atoms with Crippen molar-refractivity contribution in [2.24, 2.45) is 23.7 Å². The van der Waals surface area contributed by atoms with E-state index in [2.05, 4.69) is 128 Å². The summed E-state index contributed by atoms with van der Waals surface area (Å²) in [6.45, 7) is 18.8. The van der Waals surface area contributed by atoms with Crippen LogP contribution < -0.4 is 35.4 Å². The van der Waals surface area contributed by atoms with Gasteiger partial charge >= 0.3 is 25.8 Å². The molecule has 0 unspecified atom stereocenters. The first-order chi connectivity index (χ1) is 17.1. The number of fused-ring (bicyclic) bond motifs is 2. The van der Waals surface area contributed by atoms with Crippen molar-refractivity contribution in [3.8, 4) is 0 Å². The van der Waals surface area contributed by atoms with Gasteiger partial charge in [0, 0.05) is 0 Å². The number of halogens is 2. The molecule has 0 amide bonds. The van der Waals surface area contributed by atoms with E-state index in [4.69, 9.17) is 0 Å². The van der Waals surface area contributed by atoms with Crippen LogP contribution in [0.15, 0.2) is 72.8 Å². The summed E-state index contributed by atoms with van der Waals surface area (Å²) in [5.41, 5.74) is 0.